The molecule has 2 saturated heterocycles. The predicted octanol–water partition coefficient (Wildman–Crippen LogP) is 5.49. The van der Waals surface area contributed by atoms with Gasteiger partial charge in [-0.15, -0.1) is 11.3 Å². The summed E-state index contributed by atoms with van der Waals surface area (Å²) in [4.78, 5) is 72.7. The zero-order chi connectivity index (χ0) is 47.2. The summed E-state index contributed by atoms with van der Waals surface area (Å²) in [5.41, 5.74) is 5.97. The lowest BCUT2D eigenvalue weighted by molar-refractivity contribution is -0.239. The molecule has 4 atom stereocenters. The van der Waals surface area contributed by atoms with Gasteiger partial charge < -0.3 is 36.5 Å². The van der Waals surface area contributed by atoms with Crippen LogP contribution in [0.2, 0.25) is 0 Å². The fraction of sp³-hybridized carbons (Fsp3) is 0.426. The number of H-pyrrole nitrogens is 1. The number of carbonyl (C=O) groups excluding carboxylic acids is 4. The number of nitrogens with one attached hydrogen (secondary N) is 5. The standard InChI is InChI=1S/C47H56F2N8O8S/c1-28-41(66-27-53-28)31-11-9-29(10-12-31)24-51-43(61)39-23-36(58)26-57(39)64-45(46(2,3)4)55-40(59)8-6-5-7-16-50-42(60)38-21-32-20-35(13-14-37(32)54-38)56-17-15-47(63,65-56)44(62)52-25-30-18-33(48)22-34(49)19-30/h9-14,18-22,27,36,39,45,54,58,63H,5-8,15-17,23-26H2,1-4H3,(H,50,60)(H,51,61)(H,52,62)(H,55,59)/t36-,39+,45+,47?/m1/s1. The highest BCUT2D eigenvalue weighted by Crippen LogP contribution is 2.32. The molecule has 16 nitrogen and oxygen atoms in total. The molecule has 0 spiro atoms. The van der Waals surface area contributed by atoms with E-state index in [2.05, 4.69) is 31.2 Å². The summed E-state index contributed by atoms with van der Waals surface area (Å²) >= 11 is 1.58. The third-order valence-corrected chi connectivity index (χ3v) is 12.4. The van der Waals surface area contributed by atoms with Crippen molar-refractivity contribution in [3.8, 4) is 10.4 Å². The molecule has 66 heavy (non-hydrogen) atoms. The minimum atomic E-state index is -2.20. The number of halogens is 2. The van der Waals surface area contributed by atoms with E-state index in [-0.39, 0.29) is 62.2 Å². The molecule has 2 fully saturated rings. The van der Waals surface area contributed by atoms with E-state index in [1.54, 1.807) is 35.6 Å². The number of benzene rings is 3. The number of fused-ring (bicyclic) bond motifs is 1. The van der Waals surface area contributed by atoms with Crippen molar-refractivity contribution in [2.24, 2.45) is 5.41 Å². The average Bonchev–Trinajstić information content (AvgIpc) is 4.08. The van der Waals surface area contributed by atoms with Gasteiger partial charge in [0, 0.05) is 61.3 Å². The van der Waals surface area contributed by atoms with Crippen LogP contribution in [0.4, 0.5) is 14.5 Å². The van der Waals surface area contributed by atoms with Gasteiger partial charge >= 0.3 is 0 Å². The van der Waals surface area contributed by atoms with Gasteiger partial charge in [0.2, 0.25) is 11.8 Å². The van der Waals surface area contributed by atoms with Gasteiger partial charge in [-0.3, -0.25) is 29.1 Å². The van der Waals surface area contributed by atoms with Gasteiger partial charge in [0.15, 0.2) is 6.23 Å². The van der Waals surface area contributed by atoms with Crippen LogP contribution in [0, 0.1) is 24.0 Å². The van der Waals surface area contributed by atoms with Gasteiger partial charge in [0.1, 0.15) is 23.4 Å². The topological polar surface area (TPSA) is 210 Å². The monoisotopic (exact) mass is 930 g/mol. The van der Waals surface area contributed by atoms with E-state index >= 15 is 0 Å². The molecule has 0 aliphatic carbocycles. The van der Waals surface area contributed by atoms with E-state index in [4.69, 9.17) is 9.68 Å². The Morgan fingerprint density at radius 1 is 0.970 bits per heavy atom. The van der Waals surface area contributed by atoms with Gasteiger partial charge in [-0.05, 0) is 72.9 Å². The maximum Gasteiger partial charge on any atom is 0.282 e. The molecule has 2 aliphatic heterocycles. The van der Waals surface area contributed by atoms with E-state index in [9.17, 15) is 38.2 Å². The number of aromatic amines is 1. The second kappa shape index (κ2) is 20.8. The van der Waals surface area contributed by atoms with Crippen molar-refractivity contribution in [2.75, 3.05) is 24.7 Å². The minimum Gasteiger partial charge on any atom is -0.392 e. The number of aryl methyl sites for hydroxylation is 1. The van der Waals surface area contributed by atoms with Crippen LogP contribution < -0.4 is 26.3 Å². The Balaban J connectivity index is 0.818. The van der Waals surface area contributed by atoms with Gasteiger partial charge in [-0.25, -0.2) is 18.6 Å². The highest BCUT2D eigenvalue weighted by molar-refractivity contribution is 7.13. The Morgan fingerprint density at radius 2 is 1.71 bits per heavy atom. The Morgan fingerprint density at radius 3 is 2.42 bits per heavy atom. The first-order valence-corrected chi connectivity index (χ1v) is 22.8. The number of nitrogens with zero attached hydrogens (tertiary/aromatic N) is 3. The third-order valence-electron chi connectivity index (χ3n) is 11.4. The molecule has 4 amide bonds. The number of carbonyl (C=O) groups is 4. The molecular weight excluding hydrogens is 875 g/mol. The number of thiazole rings is 1. The van der Waals surface area contributed by atoms with Crippen molar-refractivity contribution in [1.82, 2.24) is 36.3 Å². The average molecular weight is 931 g/mol. The predicted molar refractivity (Wildman–Crippen MR) is 243 cm³/mol. The smallest absolute Gasteiger partial charge is 0.282 e. The highest BCUT2D eigenvalue weighted by Gasteiger charge is 2.45. The number of β-amino-alcohol motifs (C(OH)–C–C–N with tert-alkyl or cyclic N) is 1. The number of aliphatic hydroxyl groups excluding tert-OH is 1. The van der Waals surface area contributed by atoms with Crippen molar-refractivity contribution in [2.45, 2.75) is 103 Å². The van der Waals surface area contributed by atoms with Crippen LogP contribution in [0.5, 0.6) is 0 Å². The van der Waals surface area contributed by atoms with E-state index in [1.807, 2.05) is 57.5 Å². The van der Waals surface area contributed by atoms with E-state index < -0.39 is 47.1 Å². The van der Waals surface area contributed by atoms with Crippen molar-refractivity contribution in [3.63, 3.8) is 0 Å². The Hall–Kier alpha value is -5.83. The fourth-order valence-corrected chi connectivity index (χ4v) is 8.54. The van der Waals surface area contributed by atoms with Gasteiger partial charge in [-0.1, -0.05) is 51.5 Å². The minimum absolute atomic E-state index is 0.0644. The van der Waals surface area contributed by atoms with Crippen LogP contribution in [0.1, 0.15) is 86.6 Å². The number of anilines is 1. The van der Waals surface area contributed by atoms with Gasteiger partial charge in [-0.2, -0.15) is 5.06 Å². The molecule has 0 saturated carbocycles. The molecule has 5 aromatic rings. The zero-order valence-electron chi connectivity index (χ0n) is 37.3. The molecule has 1 unspecified atom stereocenters. The Kier molecular flexibility index (Phi) is 15.1. The molecule has 2 aliphatic rings. The normalized spacial score (nSPS) is 19.2. The number of amides is 4. The van der Waals surface area contributed by atoms with Gasteiger partial charge in [0.25, 0.3) is 17.6 Å². The number of aromatic nitrogens is 2. The second-order valence-electron chi connectivity index (χ2n) is 17.8. The lowest BCUT2D eigenvalue weighted by atomic mass is 9.94. The first-order valence-electron chi connectivity index (χ1n) is 22.0. The number of unbranched alkanes of at least 4 members (excludes halogenated alkanes) is 2. The summed E-state index contributed by atoms with van der Waals surface area (Å²) in [6, 6.07) is 17.0. The number of hydrogen-bond acceptors (Lipinski definition) is 12. The summed E-state index contributed by atoms with van der Waals surface area (Å²) in [5.74, 6) is -5.43. The highest BCUT2D eigenvalue weighted by atomic mass is 32.1. The second-order valence-corrected chi connectivity index (χ2v) is 18.7. The summed E-state index contributed by atoms with van der Waals surface area (Å²) in [6.07, 6.45) is 0.664. The molecule has 7 rings (SSSR count). The van der Waals surface area contributed by atoms with Crippen LogP contribution in [-0.2, 0) is 37.1 Å². The number of hydroxylamine groups is 3. The van der Waals surface area contributed by atoms with Crippen molar-refractivity contribution >= 4 is 51.6 Å². The zero-order valence-corrected chi connectivity index (χ0v) is 38.1. The van der Waals surface area contributed by atoms with Crippen molar-refractivity contribution in [3.05, 3.63) is 106 Å². The van der Waals surface area contributed by atoms with Crippen LogP contribution in [-0.4, -0.2) is 92.7 Å². The maximum absolute atomic E-state index is 13.5. The van der Waals surface area contributed by atoms with E-state index in [1.165, 1.54) is 10.1 Å². The Bertz CT molecular complexity index is 2510. The van der Waals surface area contributed by atoms with Crippen LogP contribution in [0.25, 0.3) is 21.3 Å². The van der Waals surface area contributed by atoms with Crippen molar-refractivity contribution < 1.29 is 47.8 Å². The van der Waals surface area contributed by atoms with E-state index in [0.717, 1.165) is 39.9 Å². The van der Waals surface area contributed by atoms with E-state index in [0.29, 0.717) is 54.6 Å². The van der Waals surface area contributed by atoms with Crippen LogP contribution >= 0.6 is 11.3 Å². The van der Waals surface area contributed by atoms with Crippen molar-refractivity contribution in [1.29, 1.82) is 0 Å². The molecule has 7 N–H and O–H groups in total. The number of rotatable bonds is 18. The molecule has 352 valence electrons. The molecule has 19 heteroatoms. The largest absolute Gasteiger partial charge is 0.392 e. The molecule has 0 radical (unpaired) electrons. The maximum atomic E-state index is 13.5. The fourth-order valence-electron chi connectivity index (χ4n) is 7.73. The summed E-state index contributed by atoms with van der Waals surface area (Å²) in [6.45, 7) is 8.48. The van der Waals surface area contributed by atoms with Crippen LogP contribution in [0.15, 0.2) is 72.2 Å². The molecule has 3 aromatic carbocycles. The SMILES string of the molecule is Cc1ncsc1-c1ccc(CNC(=O)[C@@H]2C[C@@H](O)CN2O[C@H](NC(=O)CCCCCNC(=O)c2cc3cc(N4CCC(O)(C(=O)NCc5cc(F)cc(F)c5)O4)ccc3[nH]2)C(C)(C)C)cc1. The quantitative estimate of drug-likeness (QED) is 0.0432. The molecule has 2 aromatic heterocycles. The van der Waals surface area contributed by atoms with Gasteiger partial charge in [0.05, 0.1) is 41.0 Å². The summed E-state index contributed by atoms with van der Waals surface area (Å²) in [5, 5.41) is 36.3. The Labute approximate surface area is 385 Å². The molecule has 0 bridgehead atoms. The number of aliphatic hydroxyl groups is 2. The lowest BCUT2D eigenvalue weighted by Gasteiger charge is -2.35. The lowest BCUT2D eigenvalue weighted by Crippen LogP contribution is -2.52. The first-order chi connectivity index (χ1) is 31.4. The third kappa shape index (κ3) is 12.1. The summed E-state index contributed by atoms with van der Waals surface area (Å²) in [7, 11) is 0. The summed E-state index contributed by atoms with van der Waals surface area (Å²) < 4.78 is 27.1. The molecular formula is C47H56F2N8O8S. The van der Waals surface area contributed by atoms with Crippen LogP contribution in [0.3, 0.4) is 0 Å². The molecule has 4 heterocycles. The first kappa shape index (κ1) is 48.1. The number of hydrogen-bond donors (Lipinski definition) is 7.